The van der Waals surface area contributed by atoms with E-state index >= 15 is 0 Å². The molecule has 216 valence electrons. The zero-order valence-corrected chi connectivity index (χ0v) is 22.8. The molecule has 1 atom stereocenters. The highest BCUT2D eigenvalue weighted by Crippen LogP contribution is 2.37. The second-order valence-electron chi connectivity index (χ2n) is 9.48. The number of para-hydroxylation sites is 1. The zero-order valence-electron chi connectivity index (χ0n) is 22.1. The van der Waals surface area contributed by atoms with Gasteiger partial charge in [-0.05, 0) is 68.3 Å². The van der Waals surface area contributed by atoms with E-state index in [4.69, 9.17) is 11.6 Å². The zero-order chi connectivity index (χ0) is 30.3. The van der Waals surface area contributed by atoms with Gasteiger partial charge in [-0.2, -0.15) is 26.3 Å². The van der Waals surface area contributed by atoms with Crippen LogP contribution in [0, 0.1) is 6.92 Å². The standard InChI is InChI=1S/C29H24ClF6N3O2/c1-4-12-38(26(40)18-13-19(28(31,32)33)15-20(14-18)29(34,35)36)17(3)25-37-23-10-6-5-8-21(23)27(41)39(25)24-11-7-9-22(30)16(24)2/h5-11,13-15,17H,4,12H2,1-3H3. The lowest BCUT2D eigenvalue weighted by molar-refractivity contribution is -0.143. The summed E-state index contributed by atoms with van der Waals surface area (Å²) in [5.74, 6) is -1.02. The van der Waals surface area contributed by atoms with E-state index in [0.29, 0.717) is 40.3 Å². The highest BCUT2D eigenvalue weighted by Gasteiger charge is 2.38. The summed E-state index contributed by atoms with van der Waals surface area (Å²) in [6.45, 7) is 4.85. The van der Waals surface area contributed by atoms with Gasteiger partial charge in [-0.3, -0.25) is 14.2 Å². The van der Waals surface area contributed by atoms with Crippen molar-refractivity contribution in [3.8, 4) is 5.69 Å². The first-order valence-electron chi connectivity index (χ1n) is 12.5. The van der Waals surface area contributed by atoms with Crippen LogP contribution in [0.2, 0.25) is 5.02 Å². The number of fused-ring (bicyclic) bond motifs is 1. The van der Waals surface area contributed by atoms with Gasteiger partial charge in [0.05, 0.1) is 33.8 Å². The van der Waals surface area contributed by atoms with Crippen LogP contribution in [0.25, 0.3) is 16.6 Å². The molecule has 0 spiro atoms. The second-order valence-corrected chi connectivity index (χ2v) is 9.89. The largest absolute Gasteiger partial charge is 0.416 e. The predicted octanol–water partition coefficient (Wildman–Crippen LogP) is 8.00. The van der Waals surface area contributed by atoms with Gasteiger partial charge in [-0.25, -0.2) is 4.98 Å². The maximum Gasteiger partial charge on any atom is 0.416 e. The summed E-state index contributed by atoms with van der Waals surface area (Å²) in [5.41, 5.74) is -3.28. The maximum absolute atomic E-state index is 13.8. The van der Waals surface area contributed by atoms with Crippen molar-refractivity contribution in [1.82, 2.24) is 14.5 Å². The molecule has 4 rings (SSSR count). The summed E-state index contributed by atoms with van der Waals surface area (Å²) in [5, 5.41) is 0.621. The van der Waals surface area contributed by atoms with Crippen molar-refractivity contribution in [3.05, 3.63) is 104 Å². The van der Waals surface area contributed by atoms with Crippen LogP contribution in [0.15, 0.2) is 65.5 Å². The minimum atomic E-state index is -5.12. The summed E-state index contributed by atoms with van der Waals surface area (Å²) in [6, 6.07) is 11.1. The van der Waals surface area contributed by atoms with E-state index in [1.165, 1.54) is 11.5 Å². The quantitative estimate of drug-likeness (QED) is 0.212. The number of aromatic nitrogens is 2. The number of carbonyl (C=O) groups excluding carboxylic acids is 1. The third kappa shape index (κ3) is 5.95. The van der Waals surface area contributed by atoms with E-state index < -0.39 is 46.6 Å². The van der Waals surface area contributed by atoms with Crippen molar-refractivity contribution in [2.75, 3.05) is 6.54 Å². The minimum absolute atomic E-state index is 0.0329. The number of alkyl halides is 6. The smallest absolute Gasteiger partial charge is 0.329 e. The Bertz CT molecular complexity index is 1650. The van der Waals surface area contributed by atoms with Crippen molar-refractivity contribution in [2.45, 2.75) is 45.6 Å². The fraction of sp³-hybridized carbons (Fsp3) is 0.276. The average Bonchev–Trinajstić information content (AvgIpc) is 2.91. The molecule has 1 unspecified atom stereocenters. The normalized spacial score (nSPS) is 12.9. The number of rotatable bonds is 6. The van der Waals surface area contributed by atoms with Crippen molar-refractivity contribution in [2.24, 2.45) is 0 Å². The lowest BCUT2D eigenvalue weighted by Crippen LogP contribution is -2.38. The van der Waals surface area contributed by atoms with Gasteiger partial charge in [0.25, 0.3) is 11.5 Å². The van der Waals surface area contributed by atoms with Crippen LogP contribution in [0.4, 0.5) is 26.3 Å². The molecule has 0 fully saturated rings. The van der Waals surface area contributed by atoms with Crippen molar-refractivity contribution >= 4 is 28.4 Å². The molecule has 0 saturated heterocycles. The maximum atomic E-state index is 13.8. The highest BCUT2D eigenvalue weighted by molar-refractivity contribution is 6.31. The molecular weight excluding hydrogens is 572 g/mol. The Morgan fingerprint density at radius 1 is 0.976 bits per heavy atom. The monoisotopic (exact) mass is 595 g/mol. The van der Waals surface area contributed by atoms with Gasteiger partial charge in [0.15, 0.2) is 0 Å². The number of halogens is 7. The van der Waals surface area contributed by atoms with E-state index in [1.807, 2.05) is 0 Å². The van der Waals surface area contributed by atoms with E-state index in [9.17, 15) is 35.9 Å². The summed E-state index contributed by atoms with van der Waals surface area (Å²) in [6.07, 6.45) is -9.93. The van der Waals surface area contributed by atoms with E-state index in [0.717, 1.165) is 4.90 Å². The third-order valence-corrected chi connectivity index (χ3v) is 7.09. The lowest BCUT2D eigenvalue weighted by Gasteiger charge is -2.31. The predicted molar refractivity (Wildman–Crippen MR) is 143 cm³/mol. The molecule has 1 amide bonds. The van der Waals surface area contributed by atoms with Crippen LogP contribution in [-0.2, 0) is 12.4 Å². The fourth-order valence-corrected chi connectivity index (χ4v) is 4.77. The summed E-state index contributed by atoms with van der Waals surface area (Å²) < 4.78 is 82.4. The van der Waals surface area contributed by atoms with Crippen LogP contribution >= 0.6 is 11.6 Å². The molecular formula is C29H24ClF6N3O2. The molecule has 0 radical (unpaired) electrons. The van der Waals surface area contributed by atoms with Crippen LogP contribution in [0.3, 0.4) is 0 Å². The Balaban J connectivity index is 1.95. The molecule has 0 aliphatic rings. The van der Waals surface area contributed by atoms with E-state index in [2.05, 4.69) is 4.98 Å². The van der Waals surface area contributed by atoms with E-state index in [-0.39, 0.29) is 23.8 Å². The molecule has 3 aromatic carbocycles. The summed E-state index contributed by atoms with van der Waals surface area (Å²) >= 11 is 6.33. The molecule has 1 heterocycles. The highest BCUT2D eigenvalue weighted by atomic mass is 35.5. The van der Waals surface area contributed by atoms with Gasteiger partial charge in [-0.15, -0.1) is 0 Å². The van der Waals surface area contributed by atoms with Gasteiger partial charge in [0.1, 0.15) is 5.82 Å². The number of nitrogens with zero attached hydrogens (tertiary/aromatic N) is 3. The van der Waals surface area contributed by atoms with Crippen LogP contribution in [-0.4, -0.2) is 26.9 Å². The number of amides is 1. The molecule has 0 aliphatic heterocycles. The van der Waals surface area contributed by atoms with E-state index in [1.54, 1.807) is 56.3 Å². The molecule has 0 saturated carbocycles. The number of carbonyl (C=O) groups is 1. The van der Waals surface area contributed by atoms with Crippen LogP contribution in [0.1, 0.15) is 59.2 Å². The van der Waals surface area contributed by atoms with Crippen LogP contribution < -0.4 is 5.56 Å². The summed E-state index contributed by atoms with van der Waals surface area (Å²) in [7, 11) is 0. The minimum Gasteiger partial charge on any atom is -0.329 e. The lowest BCUT2D eigenvalue weighted by atomic mass is 10.0. The molecule has 0 bridgehead atoms. The molecule has 0 N–H and O–H groups in total. The SMILES string of the molecule is CCCN(C(=O)c1cc(C(F)(F)F)cc(C(F)(F)F)c1)C(C)c1nc2ccccc2c(=O)n1-c1cccc(Cl)c1C. The molecule has 12 heteroatoms. The Kier molecular flexibility index (Phi) is 8.22. The first kappa shape index (κ1) is 30.1. The van der Waals surface area contributed by atoms with Crippen LogP contribution in [0.5, 0.6) is 0 Å². The molecule has 1 aromatic heterocycles. The Morgan fingerprint density at radius 2 is 1.59 bits per heavy atom. The Labute approximate surface area is 236 Å². The third-order valence-electron chi connectivity index (χ3n) is 6.68. The Morgan fingerprint density at radius 3 is 2.17 bits per heavy atom. The van der Waals surface area contributed by atoms with Gasteiger partial charge in [-0.1, -0.05) is 36.7 Å². The van der Waals surface area contributed by atoms with Gasteiger partial charge in [0.2, 0.25) is 0 Å². The number of hydrogen-bond acceptors (Lipinski definition) is 3. The number of benzene rings is 3. The topological polar surface area (TPSA) is 55.2 Å². The van der Waals surface area contributed by atoms with Crippen molar-refractivity contribution in [3.63, 3.8) is 0 Å². The molecule has 5 nitrogen and oxygen atoms in total. The molecule has 0 aliphatic carbocycles. The first-order chi connectivity index (χ1) is 19.1. The average molecular weight is 596 g/mol. The van der Waals surface area contributed by atoms with Gasteiger partial charge >= 0.3 is 12.4 Å². The van der Waals surface area contributed by atoms with Gasteiger partial charge < -0.3 is 4.90 Å². The Hall–Kier alpha value is -3.86. The fourth-order valence-electron chi connectivity index (χ4n) is 4.60. The molecule has 41 heavy (non-hydrogen) atoms. The van der Waals surface area contributed by atoms with Crippen molar-refractivity contribution in [1.29, 1.82) is 0 Å². The molecule has 4 aromatic rings. The summed E-state index contributed by atoms with van der Waals surface area (Å²) in [4.78, 5) is 33.2. The van der Waals surface area contributed by atoms with Gasteiger partial charge in [0, 0.05) is 17.1 Å². The van der Waals surface area contributed by atoms with Crippen molar-refractivity contribution < 1.29 is 31.1 Å². The second kappa shape index (κ2) is 11.2. The number of hydrogen-bond donors (Lipinski definition) is 0. The first-order valence-corrected chi connectivity index (χ1v) is 12.9.